The molecule has 3 heterocycles. The van der Waals surface area contributed by atoms with Crippen LogP contribution in [0.15, 0.2) is 34.9 Å². The zero-order chi connectivity index (χ0) is 22.3. The summed E-state index contributed by atoms with van der Waals surface area (Å²) in [5.74, 6) is 0.263. The van der Waals surface area contributed by atoms with E-state index in [1.165, 1.54) is 11.0 Å². The number of fused-ring (bicyclic) bond motifs is 1. The Kier molecular flexibility index (Phi) is 5.42. The first-order valence-electron chi connectivity index (χ1n) is 9.44. The van der Waals surface area contributed by atoms with Crippen LogP contribution < -0.4 is 9.64 Å². The summed E-state index contributed by atoms with van der Waals surface area (Å²) in [5, 5.41) is 8.20. The number of hydrogen-bond donors (Lipinski definition) is 0. The zero-order valence-corrected chi connectivity index (χ0v) is 17.4. The molecule has 0 radical (unpaired) electrons. The summed E-state index contributed by atoms with van der Waals surface area (Å²) < 4.78 is 52.0. The number of aryl methyl sites for hydroxylation is 2. The van der Waals surface area contributed by atoms with Gasteiger partial charge >= 0.3 is 6.18 Å². The van der Waals surface area contributed by atoms with E-state index in [1.54, 1.807) is 38.1 Å². The maximum Gasteiger partial charge on any atom is 0.410 e. The van der Waals surface area contributed by atoms with Crippen LogP contribution >= 0.6 is 11.6 Å². The Morgan fingerprint density at radius 2 is 2.06 bits per heavy atom. The first-order valence-corrected chi connectivity index (χ1v) is 9.82. The van der Waals surface area contributed by atoms with Crippen molar-refractivity contribution in [1.82, 2.24) is 14.9 Å². The van der Waals surface area contributed by atoms with Gasteiger partial charge in [0.25, 0.3) is 5.91 Å². The summed E-state index contributed by atoms with van der Waals surface area (Å²) in [6, 6.07) is 6.50. The number of carbonyl (C=O) groups is 1. The third-order valence-corrected chi connectivity index (χ3v) is 5.37. The van der Waals surface area contributed by atoms with Gasteiger partial charge in [0.05, 0.1) is 16.3 Å². The molecule has 1 aromatic carbocycles. The van der Waals surface area contributed by atoms with Crippen LogP contribution in [0.1, 0.15) is 40.0 Å². The number of anilines is 1. The first kappa shape index (κ1) is 21.2. The summed E-state index contributed by atoms with van der Waals surface area (Å²) in [6.45, 7) is 3.02. The Bertz CT molecular complexity index is 1130. The summed E-state index contributed by atoms with van der Waals surface area (Å²) in [5.41, 5.74) is 0.744. The molecule has 3 aromatic rings. The Balaban J connectivity index is 1.62. The fourth-order valence-corrected chi connectivity index (χ4v) is 3.69. The van der Waals surface area contributed by atoms with Crippen molar-refractivity contribution in [3.63, 3.8) is 0 Å². The molecule has 1 amide bonds. The normalized spacial score (nSPS) is 16.3. The van der Waals surface area contributed by atoms with Crippen LogP contribution in [0.4, 0.5) is 19.0 Å². The van der Waals surface area contributed by atoms with E-state index in [2.05, 4.69) is 10.3 Å². The molecule has 164 valence electrons. The van der Waals surface area contributed by atoms with Crippen LogP contribution in [-0.4, -0.2) is 33.6 Å². The Labute approximate surface area is 180 Å². The van der Waals surface area contributed by atoms with Gasteiger partial charge in [0.1, 0.15) is 23.9 Å². The molecule has 7 nitrogen and oxygen atoms in total. The van der Waals surface area contributed by atoms with Gasteiger partial charge in [-0.1, -0.05) is 28.9 Å². The highest BCUT2D eigenvalue weighted by Crippen LogP contribution is 2.40. The van der Waals surface area contributed by atoms with Crippen molar-refractivity contribution < 1.29 is 27.2 Å². The lowest BCUT2D eigenvalue weighted by molar-refractivity contribution is -0.172. The highest BCUT2D eigenvalue weighted by atomic mass is 35.5. The van der Waals surface area contributed by atoms with E-state index >= 15 is 0 Å². The van der Waals surface area contributed by atoms with E-state index in [0.717, 1.165) is 4.68 Å². The molecule has 1 unspecified atom stereocenters. The molecule has 4 rings (SSSR count). The molecule has 0 N–H and O–H groups in total. The number of rotatable bonds is 4. The monoisotopic (exact) mass is 454 g/mol. The van der Waals surface area contributed by atoms with E-state index < -0.39 is 18.1 Å². The predicted octanol–water partition coefficient (Wildman–Crippen LogP) is 4.87. The SMILES string of the molecule is Cc1cc2n(n1)C(C(F)(F)F)CCN2C(=O)c1noc(C)c1COc1ccccc1Cl. The van der Waals surface area contributed by atoms with E-state index in [0.29, 0.717) is 27.8 Å². The fourth-order valence-electron chi connectivity index (χ4n) is 3.50. The summed E-state index contributed by atoms with van der Waals surface area (Å²) in [6.07, 6.45) is -4.79. The van der Waals surface area contributed by atoms with Crippen molar-refractivity contribution in [3.05, 3.63) is 58.1 Å². The van der Waals surface area contributed by atoms with Crippen LogP contribution in [0.25, 0.3) is 0 Å². The third-order valence-electron chi connectivity index (χ3n) is 5.06. The van der Waals surface area contributed by atoms with Gasteiger partial charge in [0.15, 0.2) is 11.7 Å². The highest BCUT2D eigenvalue weighted by Gasteiger charge is 2.46. The largest absolute Gasteiger partial charge is 0.487 e. The van der Waals surface area contributed by atoms with Gasteiger partial charge in [-0.15, -0.1) is 0 Å². The van der Waals surface area contributed by atoms with Crippen LogP contribution in [-0.2, 0) is 6.61 Å². The predicted molar refractivity (Wildman–Crippen MR) is 105 cm³/mol. The number of nitrogens with zero attached hydrogens (tertiary/aromatic N) is 4. The Morgan fingerprint density at radius 3 is 2.77 bits per heavy atom. The van der Waals surface area contributed by atoms with Crippen molar-refractivity contribution in [2.45, 2.75) is 39.1 Å². The molecule has 0 bridgehead atoms. The van der Waals surface area contributed by atoms with Gasteiger partial charge in [0.2, 0.25) is 0 Å². The maximum atomic E-state index is 13.4. The second kappa shape index (κ2) is 7.92. The third kappa shape index (κ3) is 3.99. The van der Waals surface area contributed by atoms with Crippen molar-refractivity contribution in [2.24, 2.45) is 0 Å². The van der Waals surface area contributed by atoms with Gasteiger partial charge < -0.3 is 9.26 Å². The number of halogens is 4. The van der Waals surface area contributed by atoms with Crippen LogP contribution in [0.2, 0.25) is 5.02 Å². The number of ether oxygens (including phenoxy) is 1. The number of amides is 1. The van der Waals surface area contributed by atoms with E-state index in [4.69, 9.17) is 20.9 Å². The smallest absolute Gasteiger partial charge is 0.410 e. The second-order valence-electron chi connectivity index (χ2n) is 7.18. The van der Waals surface area contributed by atoms with Gasteiger partial charge in [0, 0.05) is 12.6 Å². The van der Waals surface area contributed by atoms with Gasteiger partial charge in [-0.25, -0.2) is 4.68 Å². The lowest BCUT2D eigenvalue weighted by atomic mass is 10.1. The van der Waals surface area contributed by atoms with E-state index in [-0.39, 0.29) is 31.1 Å². The molecule has 1 aliphatic heterocycles. The second-order valence-corrected chi connectivity index (χ2v) is 7.58. The minimum atomic E-state index is -4.47. The molecule has 2 aromatic heterocycles. The molecule has 0 saturated heterocycles. The van der Waals surface area contributed by atoms with Crippen molar-refractivity contribution in [3.8, 4) is 5.75 Å². The van der Waals surface area contributed by atoms with Crippen molar-refractivity contribution >= 4 is 23.3 Å². The fraction of sp³-hybridized carbons (Fsp3) is 0.350. The first-order chi connectivity index (χ1) is 14.7. The number of hydrogen-bond acceptors (Lipinski definition) is 5. The summed E-state index contributed by atoms with van der Waals surface area (Å²) in [7, 11) is 0. The minimum absolute atomic E-state index is 0.0274. The molecule has 0 saturated carbocycles. The average Bonchev–Trinajstić information content (AvgIpc) is 3.27. The number of alkyl halides is 3. The maximum absolute atomic E-state index is 13.4. The van der Waals surface area contributed by atoms with Crippen LogP contribution in [0.3, 0.4) is 0 Å². The molecule has 31 heavy (non-hydrogen) atoms. The zero-order valence-electron chi connectivity index (χ0n) is 16.6. The van der Waals surface area contributed by atoms with Crippen LogP contribution in [0, 0.1) is 13.8 Å². The van der Waals surface area contributed by atoms with E-state index in [1.807, 2.05) is 0 Å². The van der Waals surface area contributed by atoms with Gasteiger partial charge in [-0.3, -0.25) is 9.69 Å². The number of aromatic nitrogens is 3. The molecule has 1 atom stereocenters. The molecule has 11 heteroatoms. The molecule has 1 aliphatic rings. The lowest BCUT2D eigenvalue weighted by Crippen LogP contribution is -2.43. The molecule has 0 aliphatic carbocycles. The number of para-hydroxylation sites is 1. The van der Waals surface area contributed by atoms with E-state index in [9.17, 15) is 18.0 Å². The van der Waals surface area contributed by atoms with Crippen molar-refractivity contribution in [1.29, 1.82) is 0 Å². The molecule has 0 fully saturated rings. The van der Waals surface area contributed by atoms with Crippen LogP contribution in [0.5, 0.6) is 5.75 Å². The highest BCUT2D eigenvalue weighted by molar-refractivity contribution is 6.32. The van der Waals surface area contributed by atoms with Gasteiger partial charge in [-0.05, 0) is 32.4 Å². The molecular weight excluding hydrogens is 437 g/mol. The average molecular weight is 455 g/mol. The number of carbonyl (C=O) groups excluding carboxylic acids is 1. The minimum Gasteiger partial charge on any atom is -0.487 e. The quantitative estimate of drug-likeness (QED) is 0.562. The number of benzene rings is 1. The van der Waals surface area contributed by atoms with Gasteiger partial charge in [-0.2, -0.15) is 18.3 Å². The molecular formula is C20H18ClF3N4O3. The lowest BCUT2D eigenvalue weighted by Gasteiger charge is -2.33. The summed E-state index contributed by atoms with van der Waals surface area (Å²) in [4.78, 5) is 14.5. The Hall–Kier alpha value is -3.01. The molecule has 0 spiro atoms. The topological polar surface area (TPSA) is 73.4 Å². The summed E-state index contributed by atoms with van der Waals surface area (Å²) >= 11 is 6.10. The van der Waals surface area contributed by atoms with Crippen molar-refractivity contribution in [2.75, 3.05) is 11.4 Å². The Morgan fingerprint density at radius 1 is 1.32 bits per heavy atom. The standard InChI is InChI=1S/C20H18ClF3N4O3/c1-11-9-17-27(8-7-16(20(22,23)24)28(17)25-11)19(29)18-13(12(2)31-26-18)10-30-15-6-4-3-5-14(15)21/h3-6,9,16H,7-8,10H2,1-2H3.